The van der Waals surface area contributed by atoms with E-state index in [2.05, 4.69) is 42.5 Å². The van der Waals surface area contributed by atoms with Gasteiger partial charge in [-0.2, -0.15) is 10.5 Å². The van der Waals surface area contributed by atoms with E-state index in [1.165, 1.54) is 0 Å². The smallest absolute Gasteiger partial charge is 0.319 e. The molecule has 258 valence electrons. The Hall–Kier alpha value is -7.06. The first-order valence-electron chi connectivity index (χ1n) is 16.3. The van der Waals surface area contributed by atoms with Crippen molar-refractivity contribution in [1.29, 1.82) is 10.5 Å². The molecule has 0 aliphatic heterocycles. The maximum atomic E-state index is 12.5. The Bertz CT molecular complexity index is 1870. The topological polar surface area (TPSA) is 212 Å². The second kappa shape index (κ2) is 17.4. The molecule has 1 aliphatic rings. The van der Waals surface area contributed by atoms with E-state index >= 15 is 0 Å². The normalized spacial score (nSPS) is 10.6. The highest BCUT2D eigenvalue weighted by Crippen LogP contribution is 2.39. The van der Waals surface area contributed by atoms with Crippen LogP contribution in [0.1, 0.15) is 35.1 Å². The summed E-state index contributed by atoms with van der Waals surface area (Å²) in [6.07, 6.45) is 1.68. The summed E-state index contributed by atoms with van der Waals surface area (Å²) in [5.74, 6) is 0. The molecule has 14 heteroatoms. The zero-order valence-corrected chi connectivity index (χ0v) is 27.6. The molecule has 0 bridgehead atoms. The maximum absolute atomic E-state index is 12.5. The Labute approximate surface area is 294 Å². The zero-order valence-electron chi connectivity index (χ0n) is 27.6. The number of hydrogen-bond donors (Lipinski definition) is 8. The SMILES string of the molecule is N#Cc1cccc(NC(=O)NCCCNC(=O)Nc2ccc3c(c2)Cc2cc(NC(=O)NCCCNC(=O)Nc4cccc(C#N)c4)ccc2-3)c1. The lowest BCUT2D eigenvalue weighted by Crippen LogP contribution is -2.34. The molecular weight excluding hydrogens is 648 g/mol. The van der Waals surface area contributed by atoms with Crippen molar-refractivity contribution in [2.45, 2.75) is 19.3 Å². The van der Waals surface area contributed by atoms with Gasteiger partial charge in [0.1, 0.15) is 0 Å². The number of fused-ring (bicyclic) bond motifs is 3. The van der Waals surface area contributed by atoms with Gasteiger partial charge >= 0.3 is 24.1 Å². The number of carbonyl (C=O) groups is 4. The third-order valence-electron chi connectivity index (χ3n) is 7.75. The highest BCUT2D eigenvalue weighted by atomic mass is 16.2. The number of nitrogens with one attached hydrogen (secondary N) is 8. The van der Waals surface area contributed by atoms with Crippen LogP contribution in [0.3, 0.4) is 0 Å². The minimum Gasteiger partial charge on any atom is -0.338 e. The fraction of sp³-hybridized carbons (Fsp3) is 0.189. The minimum atomic E-state index is -0.398. The molecule has 0 radical (unpaired) electrons. The largest absolute Gasteiger partial charge is 0.338 e. The molecule has 0 saturated heterocycles. The van der Waals surface area contributed by atoms with Gasteiger partial charge in [0.2, 0.25) is 0 Å². The summed E-state index contributed by atoms with van der Waals surface area (Å²) in [5.41, 5.74) is 7.45. The van der Waals surface area contributed by atoms with Crippen molar-refractivity contribution in [2.75, 3.05) is 47.4 Å². The van der Waals surface area contributed by atoms with Gasteiger partial charge in [-0.25, -0.2) is 19.2 Å². The van der Waals surface area contributed by atoms with Gasteiger partial charge in [-0.1, -0.05) is 24.3 Å². The third kappa shape index (κ3) is 10.5. The molecule has 0 unspecified atom stereocenters. The van der Waals surface area contributed by atoms with Crippen molar-refractivity contribution in [3.63, 3.8) is 0 Å². The van der Waals surface area contributed by atoms with Gasteiger partial charge in [0.25, 0.3) is 0 Å². The number of benzene rings is 4. The average molecular weight is 685 g/mol. The number of amides is 8. The van der Waals surface area contributed by atoms with Crippen LogP contribution in [0.25, 0.3) is 11.1 Å². The molecule has 4 aromatic carbocycles. The molecule has 0 heterocycles. The van der Waals surface area contributed by atoms with Crippen LogP contribution in [0, 0.1) is 22.7 Å². The monoisotopic (exact) mass is 684 g/mol. The summed E-state index contributed by atoms with van der Waals surface area (Å²) < 4.78 is 0. The van der Waals surface area contributed by atoms with Crippen molar-refractivity contribution in [1.82, 2.24) is 21.3 Å². The minimum absolute atomic E-state index is 0.347. The standard InChI is InChI=1S/C37H36N10O4/c38-22-24-5-1-7-28(17-24)44-34(48)40-13-3-15-42-36(50)46-30-9-11-32-26(20-30)19-27-21-31(10-12-33(27)32)47-37(51)43-16-4-14-41-35(49)45-29-8-2-6-25(18-29)23-39/h1-2,5-12,17-18,20-21H,3-4,13-16,19H2,(H2,40,44,48)(H2,41,45,49)(H2,42,46,50)(H2,43,47,51). The lowest BCUT2D eigenvalue weighted by atomic mass is 10.1. The van der Waals surface area contributed by atoms with E-state index in [1.54, 1.807) is 48.5 Å². The Kier molecular flexibility index (Phi) is 12.0. The van der Waals surface area contributed by atoms with Crippen LogP contribution in [0.5, 0.6) is 0 Å². The van der Waals surface area contributed by atoms with Crippen molar-refractivity contribution < 1.29 is 19.2 Å². The molecule has 8 amide bonds. The Morgan fingerprint density at radius 1 is 0.490 bits per heavy atom. The number of hydrogen-bond acceptors (Lipinski definition) is 6. The molecule has 14 nitrogen and oxygen atoms in total. The van der Waals surface area contributed by atoms with Crippen molar-refractivity contribution in [3.8, 4) is 23.3 Å². The van der Waals surface area contributed by atoms with E-state index in [-0.39, 0.29) is 12.1 Å². The Morgan fingerprint density at radius 3 is 1.20 bits per heavy atom. The number of carbonyl (C=O) groups excluding carboxylic acids is 4. The van der Waals surface area contributed by atoms with Gasteiger partial charge < -0.3 is 42.5 Å². The van der Waals surface area contributed by atoms with E-state index in [0.29, 0.717) is 79.3 Å². The van der Waals surface area contributed by atoms with Gasteiger partial charge in [0.05, 0.1) is 23.3 Å². The quantitative estimate of drug-likeness (QED) is 0.0775. The predicted molar refractivity (Wildman–Crippen MR) is 194 cm³/mol. The lowest BCUT2D eigenvalue weighted by Gasteiger charge is -2.11. The first-order chi connectivity index (χ1) is 24.8. The number of rotatable bonds is 12. The predicted octanol–water partition coefficient (Wildman–Crippen LogP) is 5.67. The fourth-order valence-corrected chi connectivity index (χ4v) is 5.38. The maximum Gasteiger partial charge on any atom is 0.319 e. The molecular formula is C37H36N10O4. The van der Waals surface area contributed by atoms with E-state index in [0.717, 1.165) is 22.3 Å². The van der Waals surface area contributed by atoms with Crippen LogP contribution < -0.4 is 42.5 Å². The number of nitriles is 2. The Balaban J connectivity index is 0.976. The van der Waals surface area contributed by atoms with E-state index < -0.39 is 12.1 Å². The molecule has 8 N–H and O–H groups in total. The molecule has 0 aromatic heterocycles. The van der Waals surface area contributed by atoms with Crippen LogP contribution >= 0.6 is 0 Å². The summed E-state index contributed by atoms with van der Waals surface area (Å²) in [6.45, 7) is 1.40. The van der Waals surface area contributed by atoms with Gasteiger partial charge in [-0.15, -0.1) is 0 Å². The fourth-order valence-electron chi connectivity index (χ4n) is 5.38. The zero-order chi connectivity index (χ0) is 36.0. The molecule has 51 heavy (non-hydrogen) atoms. The van der Waals surface area contributed by atoms with Crippen molar-refractivity contribution in [3.05, 3.63) is 107 Å². The summed E-state index contributed by atoms with van der Waals surface area (Å²) in [4.78, 5) is 49.1. The highest BCUT2D eigenvalue weighted by Gasteiger charge is 2.20. The highest BCUT2D eigenvalue weighted by molar-refractivity contribution is 5.93. The summed E-state index contributed by atoms with van der Waals surface area (Å²) in [7, 11) is 0. The van der Waals surface area contributed by atoms with Crippen LogP contribution in [0.4, 0.5) is 41.9 Å². The summed E-state index contributed by atoms with van der Waals surface area (Å²) >= 11 is 0. The number of urea groups is 4. The summed E-state index contributed by atoms with van der Waals surface area (Å²) in [6, 6.07) is 27.2. The Morgan fingerprint density at radius 2 is 0.843 bits per heavy atom. The van der Waals surface area contributed by atoms with Gasteiger partial charge in [0.15, 0.2) is 0 Å². The molecule has 4 aromatic rings. The van der Waals surface area contributed by atoms with Gasteiger partial charge in [0, 0.05) is 48.9 Å². The lowest BCUT2D eigenvalue weighted by molar-refractivity contribution is 0.249. The first-order valence-corrected chi connectivity index (χ1v) is 16.3. The van der Waals surface area contributed by atoms with Crippen LogP contribution in [0.2, 0.25) is 0 Å². The van der Waals surface area contributed by atoms with Gasteiger partial charge in [-0.3, -0.25) is 0 Å². The second-order valence-corrected chi connectivity index (χ2v) is 11.5. The molecule has 5 rings (SSSR count). The van der Waals surface area contributed by atoms with Crippen LogP contribution in [-0.4, -0.2) is 50.3 Å². The van der Waals surface area contributed by atoms with E-state index in [9.17, 15) is 19.2 Å². The van der Waals surface area contributed by atoms with Crippen molar-refractivity contribution in [2.24, 2.45) is 0 Å². The van der Waals surface area contributed by atoms with Crippen LogP contribution in [0.15, 0.2) is 84.9 Å². The van der Waals surface area contributed by atoms with E-state index in [1.807, 2.05) is 48.5 Å². The second-order valence-electron chi connectivity index (χ2n) is 11.5. The third-order valence-corrected chi connectivity index (χ3v) is 7.75. The number of anilines is 4. The summed E-state index contributed by atoms with van der Waals surface area (Å²) in [5, 5.41) is 40.0. The van der Waals surface area contributed by atoms with E-state index in [4.69, 9.17) is 10.5 Å². The van der Waals surface area contributed by atoms with Crippen molar-refractivity contribution >= 4 is 46.9 Å². The molecule has 0 saturated carbocycles. The molecule has 0 spiro atoms. The number of nitrogens with zero attached hydrogens (tertiary/aromatic N) is 2. The average Bonchev–Trinajstić information content (AvgIpc) is 3.48. The van der Waals surface area contributed by atoms with Crippen LogP contribution in [-0.2, 0) is 6.42 Å². The molecule has 0 fully saturated rings. The molecule has 0 atom stereocenters. The van der Waals surface area contributed by atoms with Gasteiger partial charge in [-0.05, 0) is 102 Å². The first kappa shape index (κ1) is 35.3. The molecule has 1 aliphatic carbocycles.